The molecule has 4 aromatic rings. The summed E-state index contributed by atoms with van der Waals surface area (Å²) in [6, 6.07) is 13.8. The van der Waals surface area contributed by atoms with E-state index in [4.69, 9.17) is 10.1 Å². The number of fused-ring (bicyclic) bond motifs is 2. The molecule has 0 bridgehead atoms. The third-order valence-corrected chi connectivity index (χ3v) is 9.46. The molecule has 1 aromatic carbocycles. The Bertz CT molecular complexity index is 1520. The number of amides is 1. The average molecular weight is 493 g/mol. The number of pyridine rings is 1. The summed E-state index contributed by atoms with van der Waals surface area (Å²) in [7, 11) is -3.09. The third kappa shape index (κ3) is 3.63. The minimum atomic E-state index is -3.09. The van der Waals surface area contributed by atoms with Gasteiger partial charge in [0.1, 0.15) is 0 Å². The van der Waals surface area contributed by atoms with Gasteiger partial charge in [-0.15, -0.1) is 11.3 Å². The number of rotatable bonds is 3. The molecule has 0 saturated carbocycles. The van der Waals surface area contributed by atoms with E-state index >= 15 is 0 Å². The van der Waals surface area contributed by atoms with Gasteiger partial charge in [-0.05, 0) is 48.4 Å². The zero-order chi connectivity index (χ0) is 23.4. The molecule has 0 N–H and O–H groups in total. The maximum Gasteiger partial charge on any atom is 0.255 e. The Labute approximate surface area is 202 Å². The summed E-state index contributed by atoms with van der Waals surface area (Å²) < 4.78 is 26.1. The zero-order valence-corrected chi connectivity index (χ0v) is 20.4. The smallest absolute Gasteiger partial charge is 0.255 e. The quantitative estimate of drug-likeness (QED) is 0.431. The second-order valence-corrected chi connectivity index (χ2v) is 12.2. The summed E-state index contributed by atoms with van der Waals surface area (Å²) in [6.07, 6.45) is 1.34. The molecule has 6 rings (SSSR count). The number of thiophene rings is 1. The van der Waals surface area contributed by atoms with Crippen molar-refractivity contribution >= 4 is 38.1 Å². The van der Waals surface area contributed by atoms with Crippen LogP contribution in [0.5, 0.6) is 0 Å². The molecular weight excluding hydrogens is 468 g/mol. The molecule has 1 fully saturated rings. The number of hydrogen-bond donors (Lipinski definition) is 0. The first-order valence-electron chi connectivity index (χ1n) is 11.4. The highest BCUT2D eigenvalue weighted by Crippen LogP contribution is 2.34. The maximum absolute atomic E-state index is 13.9. The van der Waals surface area contributed by atoms with Gasteiger partial charge in [0, 0.05) is 13.1 Å². The fraction of sp³-hybridized carbons (Fsp3) is 0.320. The lowest BCUT2D eigenvalue weighted by Gasteiger charge is -2.29. The molecule has 7 nitrogen and oxygen atoms in total. The summed E-state index contributed by atoms with van der Waals surface area (Å²) in [6.45, 7) is 3.10. The Hall–Kier alpha value is -3.04. The molecule has 0 unspecified atom stereocenters. The topological polar surface area (TPSA) is 85.2 Å². The van der Waals surface area contributed by atoms with E-state index < -0.39 is 9.84 Å². The van der Waals surface area contributed by atoms with Crippen LogP contribution in [0.15, 0.2) is 47.8 Å². The van der Waals surface area contributed by atoms with Crippen LogP contribution in [0.4, 0.5) is 0 Å². The molecule has 5 heterocycles. The molecule has 1 atom stereocenters. The van der Waals surface area contributed by atoms with Crippen molar-refractivity contribution in [2.24, 2.45) is 0 Å². The molecular formula is C25H24N4O3S2. The lowest BCUT2D eigenvalue weighted by molar-refractivity contribution is 0.0736. The number of hydrogen-bond acceptors (Lipinski definition) is 6. The first-order chi connectivity index (χ1) is 16.4. The van der Waals surface area contributed by atoms with Crippen molar-refractivity contribution in [3.63, 3.8) is 0 Å². The molecule has 34 heavy (non-hydrogen) atoms. The highest BCUT2D eigenvalue weighted by molar-refractivity contribution is 7.91. The van der Waals surface area contributed by atoms with Gasteiger partial charge < -0.3 is 4.90 Å². The normalized spacial score (nSPS) is 19.4. The van der Waals surface area contributed by atoms with E-state index in [1.165, 1.54) is 11.1 Å². The SMILES string of the molecule is Cc1nn([C@@H]2CCS(=O)(=O)C2)c2nc(-c3cccs3)cc(C(=O)N3CCc4ccccc4C3)c12. The van der Waals surface area contributed by atoms with E-state index in [2.05, 4.69) is 12.1 Å². The van der Waals surface area contributed by atoms with E-state index in [0.29, 0.717) is 47.5 Å². The second-order valence-electron chi connectivity index (χ2n) is 9.06. The predicted octanol–water partition coefficient (Wildman–Crippen LogP) is 4.03. The van der Waals surface area contributed by atoms with Gasteiger partial charge in [0.05, 0.1) is 44.8 Å². The van der Waals surface area contributed by atoms with Crippen molar-refractivity contribution in [1.82, 2.24) is 19.7 Å². The number of benzene rings is 1. The van der Waals surface area contributed by atoms with E-state index in [1.807, 2.05) is 47.5 Å². The predicted molar refractivity (Wildman–Crippen MR) is 133 cm³/mol. The molecule has 174 valence electrons. The van der Waals surface area contributed by atoms with Crippen LogP contribution in [0.3, 0.4) is 0 Å². The van der Waals surface area contributed by atoms with Crippen LogP contribution in [0, 0.1) is 6.92 Å². The van der Waals surface area contributed by atoms with E-state index in [9.17, 15) is 13.2 Å². The van der Waals surface area contributed by atoms with Crippen molar-refractivity contribution in [1.29, 1.82) is 0 Å². The van der Waals surface area contributed by atoms with Gasteiger partial charge in [-0.1, -0.05) is 30.3 Å². The fourth-order valence-corrected chi connectivity index (χ4v) is 7.47. The van der Waals surface area contributed by atoms with Crippen molar-refractivity contribution < 1.29 is 13.2 Å². The molecule has 2 aliphatic heterocycles. The maximum atomic E-state index is 13.9. The molecule has 1 amide bonds. The number of nitrogens with zero attached hydrogens (tertiary/aromatic N) is 4. The number of carbonyl (C=O) groups is 1. The van der Waals surface area contributed by atoms with Gasteiger partial charge in [0.25, 0.3) is 5.91 Å². The summed E-state index contributed by atoms with van der Waals surface area (Å²) in [4.78, 5) is 21.7. The van der Waals surface area contributed by atoms with Gasteiger partial charge in [0.15, 0.2) is 15.5 Å². The zero-order valence-electron chi connectivity index (χ0n) is 18.8. The molecule has 1 saturated heterocycles. The van der Waals surface area contributed by atoms with Gasteiger partial charge in [-0.25, -0.2) is 18.1 Å². The standard InChI is InChI=1S/C25H24N4O3S2/c1-16-23-20(25(30)28-10-8-17-5-2-3-6-18(17)14-28)13-21(22-7-4-11-33-22)26-24(23)29(27-16)19-9-12-34(31,32)15-19/h2-7,11,13,19H,8-10,12,14-15H2,1H3/t19-/m1/s1. The molecule has 3 aromatic heterocycles. The van der Waals surface area contributed by atoms with Crippen molar-refractivity contribution in [2.75, 3.05) is 18.1 Å². The van der Waals surface area contributed by atoms with E-state index in [0.717, 1.165) is 11.3 Å². The summed E-state index contributed by atoms with van der Waals surface area (Å²) in [5, 5.41) is 7.40. The Morgan fingerprint density at radius 2 is 1.97 bits per heavy atom. The van der Waals surface area contributed by atoms with Gasteiger partial charge >= 0.3 is 0 Å². The average Bonchev–Trinajstić information content (AvgIpc) is 3.57. The van der Waals surface area contributed by atoms with Crippen LogP contribution < -0.4 is 0 Å². The monoisotopic (exact) mass is 492 g/mol. The number of aromatic nitrogens is 3. The van der Waals surface area contributed by atoms with E-state index in [1.54, 1.807) is 16.0 Å². The van der Waals surface area contributed by atoms with Gasteiger partial charge in [0.2, 0.25) is 0 Å². The second kappa shape index (κ2) is 8.02. The molecule has 0 spiro atoms. The molecule has 2 aliphatic rings. The largest absolute Gasteiger partial charge is 0.334 e. The number of sulfone groups is 1. The first kappa shape index (κ1) is 21.5. The molecule has 0 aliphatic carbocycles. The number of carbonyl (C=O) groups excluding carboxylic acids is 1. The molecule has 9 heteroatoms. The van der Waals surface area contributed by atoms with Crippen LogP contribution in [0.1, 0.15) is 39.6 Å². The van der Waals surface area contributed by atoms with Gasteiger partial charge in [-0.2, -0.15) is 5.10 Å². The van der Waals surface area contributed by atoms with Crippen molar-refractivity contribution in [3.05, 3.63) is 70.2 Å². The Balaban J connectivity index is 1.49. The minimum absolute atomic E-state index is 0.0404. The summed E-state index contributed by atoms with van der Waals surface area (Å²) in [5.41, 5.74) is 5.05. The van der Waals surface area contributed by atoms with Crippen LogP contribution in [-0.4, -0.2) is 52.0 Å². The first-order valence-corrected chi connectivity index (χ1v) is 14.1. The summed E-state index contributed by atoms with van der Waals surface area (Å²) >= 11 is 1.56. The fourth-order valence-electron chi connectivity index (χ4n) is 5.09. The highest BCUT2D eigenvalue weighted by Gasteiger charge is 2.33. The van der Waals surface area contributed by atoms with Crippen LogP contribution in [-0.2, 0) is 22.8 Å². The Kier molecular flexibility index (Phi) is 5.07. The van der Waals surface area contributed by atoms with Crippen LogP contribution in [0.2, 0.25) is 0 Å². The number of aryl methyl sites for hydroxylation is 1. The lowest BCUT2D eigenvalue weighted by atomic mass is 9.98. The van der Waals surface area contributed by atoms with Crippen LogP contribution in [0.25, 0.3) is 21.6 Å². The highest BCUT2D eigenvalue weighted by atomic mass is 32.2. The van der Waals surface area contributed by atoms with Crippen LogP contribution >= 0.6 is 11.3 Å². The Morgan fingerprint density at radius 3 is 2.71 bits per heavy atom. The Morgan fingerprint density at radius 1 is 1.15 bits per heavy atom. The van der Waals surface area contributed by atoms with Crippen molar-refractivity contribution in [2.45, 2.75) is 32.4 Å². The van der Waals surface area contributed by atoms with Gasteiger partial charge in [-0.3, -0.25) is 4.79 Å². The van der Waals surface area contributed by atoms with E-state index in [-0.39, 0.29) is 23.5 Å². The third-order valence-electron chi connectivity index (χ3n) is 6.81. The summed E-state index contributed by atoms with van der Waals surface area (Å²) in [5.74, 6) is 0.170. The molecule has 0 radical (unpaired) electrons. The lowest BCUT2D eigenvalue weighted by Crippen LogP contribution is -2.36. The van der Waals surface area contributed by atoms with Crippen molar-refractivity contribution in [3.8, 4) is 10.6 Å². The minimum Gasteiger partial charge on any atom is -0.334 e.